The molecule has 0 aliphatic heterocycles. The molecule has 6 heteroatoms. The summed E-state index contributed by atoms with van der Waals surface area (Å²) in [5.41, 5.74) is 7.78. The fraction of sp³-hybridized carbons (Fsp3) is 0.375. The fourth-order valence-corrected chi connectivity index (χ4v) is 9.52. The van der Waals surface area contributed by atoms with Gasteiger partial charge in [0.05, 0.1) is 0 Å². The highest BCUT2D eigenvalue weighted by molar-refractivity contribution is 7.23. The molecule has 1 fully saturated rings. The maximum atomic E-state index is 9.40. The average molecular weight is 531 g/mol. The van der Waals surface area contributed by atoms with Crippen LogP contribution in [0.3, 0.4) is 0 Å². The monoisotopic (exact) mass is 530 g/mol. The molecule has 4 aliphatic rings. The highest BCUT2D eigenvalue weighted by Gasteiger charge is 2.46. The number of rotatable bonds is 2. The van der Waals surface area contributed by atoms with Gasteiger partial charge in [-0.1, -0.05) is 31.4 Å². The molecule has 1 saturated carbocycles. The number of allylic oxidation sites excluding steroid dienone is 8. The zero-order valence-electron chi connectivity index (χ0n) is 21.2. The second-order valence-corrected chi connectivity index (χ2v) is 12.7. The maximum absolute atomic E-state index is 9.40. The third-order valence-corrected chi connectivity index (χ3v) is 11.2. The first-order valence-electron chi connectivity index (χ1n) is 13.4. The number of fused-ring (bicyclic) bond motifs is 5. The van der Waals surface area contributed by atoms with Crippen molar-refractivity contribution in [1.29, 1.82) is 21.0 Å². The summed E-state index contributed by atoms with van der Waals surface area (Å²) in [4.78, 5) is 5.35. The lowest BCUT2D eigenvalue weighted by atomic mass is 9.68. The number of hydrogen-bond donors (Lipinski definition) is 0. The van der Waals surface area contributed by atoms with E-state index in [-0.39, 0.29) is 16.6 Å². The van der Waals surface area contributed by atoms with Crippen LogP contribution in [0.2, 0.25) is 0 Å². The smallest absolute Gasteiger partial charge is 0.132 e. The zero-order chi connectivity index (χ0) is 26.3. The summed E-state index contributed by atoms with van der Waals surface area (Å²) in [5.74, 6) is 0. The molecule has 186 valence electrons. The van der Waals surface area contributed by atoms with Gasteiger partial charge < -0.3 is 0 Å². The third-order valence-electron chi connectivity index (χ3n) is 8.61. The molecule has 38 heavy (non-hydrogen) atoms. The van der Waals surface area contributed by atoms with E-state index in [1.165, 1.54) is 73.9 Å². The molecule has 1 spiro atoms. The first kappa shape index (κ1) is 24.6. The summed E-state index contributed by atoms with van der Waals surface area (Å²) in [6, 6.07) is 13.2. The van der Waals surface area contributed by atoms with Crippen molar-refractivity contribution in [3.63, 3.8) is 0 Å². The Balaban J connectivity index is 1.46. The summed E-state index contributed by atoms with van der Waals surface area (Å²) in [6.07, 6.45) is 15.8. The molecule has 0 bridgehead atoms. The Hall–Kier alpha value is -3.68. The standard InChI is InChI=1S/C32H26N4S2/c33-16-24(17-34)20-6-4-8-22(12-20)28-14-26-30(37-28)31-27(32(26)10-2-1-3-11-32)15-29(38-31)23-9-5-7-21(13-23)25(18-35)19-36/h12-15H,1-11H2. The molecule has 4 nitrogen and oxygen atoms in total. The molecule has 0 amide bonds. The maximum Gasteiger partial charge on any atom is 0.132 e. The van der Waals surface area contributed by atoms with Gasteiger partial charge in [-0.15, -0.1) is 22.7 Å². The summed E-state index contributed by atoms with van der Waals surface area (Å²) in [5, 5.41) is 37.6. The van der Waals surface area contributed by atoms with Crippen LogP contribution in [0, 0.1) is 45.3 Å². The van der Waals surface area contributed by atoms with E-state index in [0.717, 1.165) is 49.7 Å². The van der Waals surface area contributed by atoms with Crippen LogP contribution >= 0.6 is 22.7 Å². The molecule has 0 atom stereocenters. The molecule has 0 saturated heterocycles. The average Bonchev–Trinajstić information content (AvgIpc) is 3.65. The third kappa shape index (κ3) is 3.89. The van der Waals surface area contributed by atoms with Gasteiger partial charge >= 0.3 is 0 Å². The Labute approximate surface area is 231 Å². The molecular formula is C32H26N4S2. The second kappa shape index (κ2) is 9.89. The topological polar surface area (TPSA) is 95.2 Å². The molecule has 0 radical (unpaired) electrons. The van der Waals surface area contributed by atoms with Crippen LogP contribution in [0.15, 0.2) is 46.6 Å². The van der Waals surface area contributed by atoms with Crippen molar-refractivity contribution in [2.24, 2.45) is 0 Å². The molecule has 2 heterocycles. The molecule has 2 aromatic rings. The van der Waals surface area contributed by atoms with Crippen molar-refractivity contribution >= 4 is 33.8 Å². The van der Waals surface area contributed by atoms with Gasteiger partial charge in [0.2, 0.25) is 0 Å². The summed E-state index contributed by atoms with van der Waals surface area (Å²) >= 11 is 3.76. The Morgan fingerprint density at radius 3 is 1.47 bits per heavy atom. The molecule has 0 unspecified atom stereocenters. The quantitative estimate of drug-likeness (QED) is 0.362. The van der Waals surface area contributed by atoms with Gasteiger partial charge in [0, 0.05) is 24.9 Å². The van der Waals surface area contributed by atoms with E-state index in [1.807, 2.05) is 22.7 Å². The lowest BCUT2D eigenvalue weighted by Gasteiger charge is -2.34. The Morgan fingerprint density at radius 1 is 0.605 bits per heavy atom. The van der Waals surface area contributed by atoms with Gasteiger partial charge in [-0.3, -0.25) is 0 Å². The Kier molecular flexibility index (Phi) is 6.41. The number of thiophene rings is 2. The van der Waals surface area contributed by atoms with E-state index in [9.17, 15) is 21.0 Å². The lowest BCUT2D eigenvalue weighted by molar-refractivity contribution is 0.353. The minimum absolute atomic E-state index is 0.0726. The van der Waals surface area contributed by atoms with Crippen LogP contribution in [0.4, 0.5) is 0 Å². The van der Waals surface area contributed by atoms with E-state index in [2.05, 4.69) is 48.6 Å². The van der Waals surface area contributed by atoms with E-state index in [4.69, 9.17) is 0 Å². The van der Waals surface area contributed by atoms with E-state index >= 15 is 0 Å². The molecule has 0 N–H and O–H groups in total. The van der Waals surface area contributed by atoms with Crippen molar-refractivity contribution in [3.05, 3.63) is 67.5 Å². The highest BCUT2D eigenvalue weighted by atomic mass is 32.1. The predicted octanol–water partition coefficient (Wildman–Crippen LogP) is 8.86. The zero-order valence-corrected chi connectivity index (χ0v) is 22.8. The first-order valence-corrected chi connectivity index (χ1v) is 15.0. The SMILES string of the molecule is N#CC(C#N)=C1C=C(c2cc3c(s2)-c2sc(C4=CC(=C(C#N)C#N)CCC4)cc2C32CCCCC2)CCC1. The van der Waals surface area contributed by atoms with Gasteiger partial charge in [-0.2, -0.15) is 21.0 Å². The highest BCUT2D eigenvalue weighted by Crippen LogP contribution is 2.62. The van der Waals surface area contributed by atoms with Crippen LogP contribution in [-0.4, -0.2) is 0 Å². The first-order chi connectivity index (χ1) is 18.6. The summed E-state index contributed by atoms with van der Waals surface area (Å²) in [7, 11) is 0. The summed E-state index contributed by atoms with van der Waals surface area (Å²) < 4.78 is 0. The number of hydrogen-bond acceptors (Lipinski definition) is 6. The Bertz CT molecular complexity index is 1490. The van der Waals surface area contributed by atoms with Gasteiger partial charge in [0.15, 0.2) is 0 Å². The van der Waals surface area contributed by atoms with E-state index in [1.54, 1.807) is 0 Å². The van der Waals surface area contributed by atoms with Crippen LogP contribution in [-0.2, 0) is 5.41 Å². The van der Waals surface area contributed by atoms with E-state index in [0.29, 0.717) is 0 Å². The van der Waals surface area contributed by atoms with Crippen LogP contribution < -0.4 is 0 Å². The van der Waals surface area contributed by atoms with Gasteiger partial charge in [-0.25, -0.2) is 0 Å². The lowest BCUT2D eigenvalue weighted by Crippen LogP contribution is -2.27. The van der Waals surface area contributed by atoms with Crippen LogP contribution in [0.25, 0.3) is 20.9 Å². The number of nitrogens with zero attached hydrogens (tertiary/aromatic N) is 4. The second-order valence-electron chi connectivity index (χ2n) is 10.6. The van der Waals surface area contributed by atoms with Crippen molar-refractivity contribution in [2.45, 2.75) is 76.0 Å². The predicted molar refractivity (Wildman–Crippen MR) is 152 cm³/mol. The molecule has 0 aromatic carbocycles. The summed E-state index contributed by atoms with van der Waals surface area (Å²) in [6.45, 7) is 0. The largest absolute Gasteiger partial charge is 0.192 e. The van der Waals surface area contributed by atoms with E-state index < -0.39 is 0 Å². The van der Waals surface area contributed by atoms with Crippen molar-refractivity contribution < 1.29 is 0 Å². The van der Waals surface area contributed by atoms with Crippen molar-refractivity contribution in [1.82, 2.24) is 0 Å². The number of nitriles is 4. The molecule has 2 aromatic heterocycles. The fourth-order valence-electron chi connectivity index (χ4n) is 6.75. The molecule has 4 aliphatic carbocycles. The van der Waals surface area contributed by atoms with Crippen LogP contribution in [0.1, 0.15) is 91.5 Å². The van der Waals surface area contributed by atoms with Crippen molar-refractivity contribution in [2.75, 3.05) is 0 Å². The minimum Gasteiger partial charge on any atom is -0.192 e. The molecular weight excluding hydrogens is 505 g/mol. The Morgan fingerprint density at radius 2 is 1.05 bits per heavy atom. The van der Waals surface area contributed by atoms with Gasteiger partial charge in [0.1, 0.15) is 35.4 Å². The minimum atomic E-state index is 0.0726. The van der Waals surface area contributed by atoms with Gasteiger partial charge in [0.25, 0.3) is 0 Å². The van der Waals surface area contributed by atoms with Crippen molar-refractivity contribution in [3.8, 4) is 34.0 Å². The van der Waals surface area contributed by atoms with Crippen LogP contribution in [0.5, 0.6) is 0 Å². The normalized spacial score (nSPS) is 19.3. The molecule has 6 rings (SSSR count). The van der Waals surface area contributed by atoms with Gasteiger partial charge in [-0.05, 0) is 96.9 Å².